The summed E-state index contributed by atoms with van der Waals surface area (Å²) in [5.74, 6) is -0.136. The van der Waals surface area contributed by atoms with Gasteiger partial charge in [-0.1, -0.05) is 6.92 Å². The molecule has 0 aliphatic heterocycles. The van der Waals surface area contributed by atoms with E-state index in [4.69, 9.17) is 9.52 Å². The van der Waals surface area contributed by atoms with E-state index in [1.807, 2.05) is 16.2 Å². The van der Waals surface area contributed by atoms with Gasteiger partial charge in [0, 0.05) is 54.1 Å². The van der Waals surface area contributed by atoms with Gasteiger partial charge in [-0.3, -0.25) is 3.97 Å². The highest BCUT2D eigenvalue weighted by Crippen LogP contribution is 2.39. The van der Waals surface area contributed by atoms with E-state index in [2.05, 4.69) is 43.4 Å². The number of nitrogens with one attached hydrogen (secondary N) is 1. The zero-order valence-corrected chi connectivity index (χ0v) is 16.2. The van der Waals surface area contributed by atoms with Crippen molar-refractivity contribution < 1.29 is 14.3 Å². The second-order valence-corrected chi connectivity index (χ2v) is 7.97. The van der Waals surface area contributed by atoms with Crippen molar-refractivity contribution in [3.8, 4) is 11.5 Å². The molecule has 0 radical (unpaired) electrons. The predicted molar refractivity (Wildman–Crippen MR) is 105 cm³/mol. The van der Waals surface area contributed by atoms with Crippen LogP contribution in [0.15, 0.2) is 29.1 Å². The highest BCUT2D eigenvalue weighted by Gasteiger charge is 2.28. The number of anilines is 1. The third-order valence-corrected chi connectivity index (χ3v) is 6.15. The van der Waals surface area contributed by atoms with Gasteiger partial charge in [-0.25, -0.2) is 14.8 Å². The topological polar surface area (TPSA) is 93.2 Å². The largest absolute Gasteiger partial charge is 0.476 e. The number of hydrogen-bond donors (Lipinski definition) is 2. The molecule has 1 aliphatic rings. The number of carboxylic acid groups (broad SMARTS) is 1. The fraction of sp³-hybridized carbons (Fsp3) is 0.312. The Kier molecular flexibility index (Phi) is 4.36. The number of fused-ring (bicyclic) bond motifs is 1. The molecule has 3 aromatic heterocycles. The Morgan fingerprint density at radius 2 is 2.32 bits per heavy atom. The van der Waals surface area contributed by atoms with E-state index in [9.17, 15) is 4.79 Å². The van der Waals surface area contributed by atoms with E-state index in [0.29, 0.717) is 17.5 Å². The highest BCUT2D eigenvalue weighted by molar-refractivity contribution is 14.2. The Bertz CT molecular complexity index is 948. The fourth-order valence-electron chi connectivity index (χ4n) is 3.16. The molecule has 1 fully saturated rings. The molecule has 0 atom stereocenters. The first-order valence-electron chi connectivity index (χ1n) is 7.81. The Morgan fingerprint density at radius 3 is 2.96 bits per heavy atom. The monoisotopic (exact) mass is 470 g/mol. The summed E-state index contributed by atoms with van der Waals surface area (Å²) in [5.41, 5.74) is 2.31. The van der Waals surface area contributed by atoms with Gasteiger partial charge in [0.25, 0.3) is 0 Å². The van der Waals surface area contributed by atoms with E-state index in [0.717, 1.165) is 35.8 Å². The Labute approximate surface area is 159 Å². The smallest absolute Gasteiger partial charge is 0.357 e. The van der Waals surface area contributed by atoms with Gasteiger partial charge in [0.05, 0.1) is 11.3 Å². The average Bonchev–Trinajstić information content (AvgIpc) is 3.20. The van der Waals surface area contributed by atoms with Gasteiger partial charge in [-0.15, -0.1) is 0 Å². The minimum absolute atomic E-state index is 0.112. The molecule has 0 spiro atoms. The molecule has 25 heavy (non-hydrogen) atoms. The van der Waals surface area contributed by atoms with Gasteiger partial charge in [-0.05, 0) is 24.8 Å². The molecule has 130 valence electrons. The van der Waals surface area contributed by atoms with Crippen LogP contribution in [-0.4, -0.2) is 31.1 Å². The quantitative estimate of drug-likeness (QED) is 0.533. The molecule has 3 heterocycles. The summed E-state index contributed by atoms with van der Waals surface area (Å²) >= 11 is 2.21. The van der Waals surface area contributed by atoms with Crippen LogP contribution < -0.4 is 5.32 Å². The summed E-state index contributed by atoms with van der Waals surface area (Å²) in [5, 5.41) is 13.6. The number of rotatable bonds is 5. The molecule has 0 unspecified atom stereocenters. The zero-order chi connectivity index (χ0) is 17.6. The van der Waals surface area contributed by atoms with Crippen LogP contribution in [0.5, 0.6) is 0 Å². The lowest BCUT2D eigenvalue weighted by Gasteiger charge is -2.34. The Morgan fingerprint density at radius 1 is 1.52 bits per heavy atom. The van der Waals surface area contributed by atoms with Crippen LogP contribution in [0.1, 0.15) is 30.3 Å². The second-order valence-electron chi connectivity index (χ2n) is 6.26. The number of aromatic nitrogens is 3. The lowest BCUT2D eigenvalue weighted by Crippen LogP contribution is -2.34. The average molecular weight is 470 g/mol. The van der Waals surface area contributed by atoms with Gasteiger partial charge >= 0.3 is 5.97 Å². The molecular weight excluding hydrogens is 455 g/mol. The number of hydrogen-bond acceptors (Lipinski definition) is 6. The van der Waals surface area contributed by atoms with Crippen LogP contribution in [-0.2, 0) is 0 Å². The molecule has 1 aliphatic carbocycles. The molecule has 9 heteroatoms. The number of carboxylic acids is 1. The maximum Gasteiger partial charge on any atom is 0.357 e. The molecule has 0 saturated heterocycles. The molecule has 0 aromatic carbocycles. The molecule has 1 saturated carbocycles. The van der Waals surface area contributed by atoms with Gasteiger partial charge in [-0.2, -0.15) is 0 Å². The minimum atomic E-state index is -1.11. The fourth-order valence-corrected chi connectivity index (χ4v) is 4.43. The van der Waals surface area contributed by atoms with Gasteiger partial charge in [0.1, 0.15) is 6.26 Å². The van der Waals surface area contributed by atoms with E-state index >= 15 is 0 Å². The van der Waals surface area contributed by atoms with Crippen LogP contribution in [0, 0.1) is 5.92 Å². The van der Waals surface area contributed by atoms with Crippen LogP contribution in [0.2, 0.25) is 0 Å². The number of pyridine rings is 1. The number of aromatic carboxylic acids is 1. The van der Waals surface area contributed by atoms with Gasteiger partial charge < -0.3 is 14.8 Å². The lowest BCUT2D eigenvalue weighted by molar-refractivity contribution is 0.0690. The summed E-state index contributed by atoms with van der Waals surface area (Å²) in [4.78, 5) is 19.7. The first-order valence-corrected chi connectivity index (χ1v) is 11.1. The zero-order valence-electron chi connectivity index (χ0n) is 13.3. The second kappa shape index (κ2) is 6.52. The standard InChI is InChI=1S/C16H15IN4O3S/c1-8-4-9(5-8)19-13-10-2-3-21(25-17)14(10)18-6-11(13)15-20-12(7-24-15)16(22)23/h2-3,6-9H,4-5H2,1H3,(H,18,19)(H,22,23). The summed E-state index contributed by atoms with van der Waals surface area (Å²) in [7, 11) is 1.54. The van der Waals surface area contributed by atoms with E-state index in [-0.39, 0.29) is 11.6 Å². The molecule has 0 amide bonds. The minimum Gasteiger partial charge on any atom is -0.476 e. The first-order chi connectivity index (χ1) is 12.1. The van der Waals surface area contributed by atoms with Gasteiger partial charge in [0.2, 0.25) is 5.89 Å². The van der Waals surface area contributed by atoms with Gasteiger partial charge in [0.15, 0.2) is 11.3 Å². The SMILES string of the molecule is CC1CC(Nc2c(-c3nc(C(=O)O)co3)cnc3c2ccn3SI)C1. The normalized spacial score (nSPS) is 19.8. The van der Waals surface area contributed by atoms with Crippen LogP contribution >= 0.6 is 30.3 Å². The molecule has 7 nitrogen and oxygen atoms in total. The summed E-state index contributed by atoms with van der Waals surface area (Å²) in [6, 6.07) is 2.40. The molecule has 4 rings (SSSR count). The van der Waals surface area contributed by atoms with Crippen LogP contribution in [0.4, 0.5) is 5.69 Å². The van der Waals surface area contributed by atoms with Crippen molar-refractivity contribution in [1.29, 1.82) is 0 Å². The Balaban J connectivity index is 1.82. The third kappa shape index (κ3) is 2.99. The molecule has 2 N–H and O–H groups in total. The lowest BCUT2D eigenvalue weighted by atomic mass is 9.81. The van der Waals surface area contributed by atoms with Crippen LogP contribution in [0.25, 0.3) is 22.5 Å². The Hall–Kier alpha value is -1.75. The summed E-state index contributed by atoms with van der Waals surface area (Å²) in [6.45, 7) is 2.23. The van der Waals surface area contributed by atoms with Crippen molar-refractivity contribution >= 4 is 53.0 Å². The van der Waals surface area contributed by atoms with Crippen molar-refractivity contribution in [2.75, 3.05) is 5.32 Å². The number of nitrogens with zero attached hydrogens (tertiary/aromatic N) is 3. The van der Waals surface area contributed by atoms with E-state index < -0.39 is 5.97 Å². The van der Waals surface area contributed by atoms with E-state index in [1.165, 1.54) is 0 Å². The summed E-state index contributed by atoms with van der Waals surface area (Å²) < 4.78 is 7.38. The number of carbonyl (C=O) groups is 1. The molecule has 0 bridgehead atoms. The molecule has 3 aromatic rings. The number of halogens is 1. The predicted octanol–water partition coefficient (Wildman–Crippen LogP) is 4.45. The van der Waals surface area contributed by atoms with Crippen molar-refractivity contribution in [3.05, 3.63) is 30.4 Å². The maximum absolute atomic E-state index is 11.1. The van der Waals surface area contributed by atoms with Crippen molar-refractivity contribution in [1.82, 2.24) is 13.9 Å². The highest BCUT2D eigenvalue weighted by atomic mass is 127. The maximum atomic E-state index is 11.1. The van der Waals surface area contributed by atoms with Crippen molar-refractivity contribution in [2.45, 2.75) is 25.8 Å². The van der Waals surface area contributed by atoms with Crippen LogP contribution in [0.3, 0.4) is 0 Å². The third-order valence-electron chi connectivity index (χ3n) is 4.43. The first kappa shape index (κ1) is 16.7. The van der Waals surface area contributed by atoms with Crippen molar-refractivity contribution in [3.63, 3.8) is 0 Å². The van der Waals surface area contributed by atoms with E-state index in [1.54, 1.807) is 15.3 Å². The molecular formula is C16H15IN4O3S. The summed E-state index contributed by atoms with van der Waals surface area (Å²) in [6.07, 6.45) is 7.02. The number of oxazole rings is 1. The van der Waals surface area contributed by atoms with Crippen molar-refractivity contribution in [2.24, 2.45) is 5.92 Å².